The number of nitrogens with one attached hydrogen (secondary N) is 1. The summed E-state index contributed by atoms with van der Waals surface area (Å²) in [7, 11) is 0. The predicted octanol–water partition coefficient (Wildman–Crippen LogP) is 2.45. The van der Waals surface area contributed by atoms with Gasteiger partial charge in [-0.15, -0.1) is 0 Å². The lowest BCUT2D eigenvalue weighted by Gasteiger charge is -2.37. The fourth-order valence-electron chi connectivity index (χ4n) is 3.71. The minimum Gasteiger partial charge on any atom is -0.348 e. The molecule has 1 heterocycles. The minimum absolute atomic E-state index is 0.195. The first-order valence-electron chi connectivity index (χ1n) is 7.31. The maximum absolute atomic E-state index is 5.77. The van der Waals surface area contributed by atoms with Gasteiger partial charge in [0.1, 0.15) is 0 Å². The maximum Gasteiger partial charge on any atom is 0.168 e. The molecule has 0 aromatic rings. The zero-order valence-electron chi connectivity index (χ0n) is 10.9. The predicted molar refractivity (Wildman–Crippen MR) is 66.8 cm³/mol. The van der Waals surface area contributed by atoms with Crippen LogP contribution in [0.15, 0.2) is 0 Å². The summed E-state index contributed by atoms with van der Waals surface area (Å²) in [6, 6.07) is 1.46. The zero-order chi connectivity index (χ0) is 11.7. The Morgan fingerprint density at radius 2 is 1.71 bits per heavy atom. The van der Waals surface area contributed by atoms with Gasteiger partial charge in [-0.1, -0.05) is 13.3 Å². The largest absolute Gasteiger partial charge is 0.348 e. The molecule has 1 saturated heterocycles. The van der Waals surface area contributed by atoms with E-state index >= 15 is 0 Å². The summed E-state index contributed by atoms with van der Waals surface area (Å²) in [6.07, 6.45) is 8.75. The molecule has 1 spiro atoms. The molecule has 2 aliphatic carbocycles. The van der Waals surface area contributed by atoms with Gasteiger partial charge in [0.05, 0.1) is 13.2 Å². The summed E-state index contributed by atoms with van der Waals surface area (Å²) in [5, 5.41) is 3.86. The molecule has 3 nitrogen and oxygen atoms in total. The van der Waals surface area contributed by atoms with Crippen molar-refractivity contribution in [1.82, 2.24) is 5.32 Å². The van der Waals surface area contributed by atoms with Crippen molar-refractivity contribution in [3.8, 4) is 0 Å². The van der Waals surface area contributed by atoms with Crippen LogP contribution < -0.4 is 5.32 Å². The Kier molecular flexibility index (Phi) is 3.42. The number of hydrogen-bond donors (Lipinski definition) is 1. The molecule has 3 fully saturated rings. The van der Waals surface area contributed by atoms with Crippen LogP contribution in [0, 0.1) is 5.92 Å². The molecule has 98 valence electrons. The Morgan fingerprint density at radius 1 is 1.00 bits per heavy atom. The van der Waals surface area contributed by atoms with Crippen molar-refractivity contribution in [2.75, 3.05) is 13.2 Å². The third kappa shape index (κ3) is 2.51. The number of hydrogen-bond acceptors (Lipinski definition) is 3. The molecule has 2 unspecified atom stereocenters. The van der Waals surface area contributed by atoms with E-state index < -0.39 is 0 Å². The van der Waals surface area contributed by atoms with E-state index in [9.17, 15) is 0 Å². The summed E-state index contributed by atoms with van der Waals surface area (Å²) < 4.78 is 11.5. The molecule has 0 aromatic carbocycles. The summed E-state index contributed by atoms with van der Waals surface area (Å²) >= 11 is 0. The molecule has 1 N–H and O–H groups in total. The van der Waals surface area contributed by atoms with E-state index in [-0.39, 0.29) is 5.79 Å². The van der Waals surface area contributed by atoms with E-state index in [1.807, 2.05) is 0 Å². The smallest absolute Gasteiger partial charge is 0.168 e. The van der Waals surface area contributed by atoms with Crippen LogP contribution in [0.4, 0.5) is 0 Å². The van der Waals surface area contributed by atoms with Gasteiger partial charge in [0.25, 0.3) is 0 Å². The fourth-order valence-corrected chi connectivity index (χ4v) is 3.71. The SMILES string of the molecule is CC1CCCC1NC1CCC2(CC1)OCCO2. The first kappa shape index (κ1) is 11.9. The quantitative estimate of drug-likeness (QED) is 0.803. The van der Waals surface area contributed by atoms with E-state index in [1.54, 1.807) is 0 Å². The van der Waals surface area contributed by atoms with Gasteiger partial charge in [0.2, 0.25) is 0 Å². The molecular formula is C14H25NO2. The Labute approximate surface area is 104 Å². The fraction of sp³-hybridized carbons (Fsp3) is 1.00. The average molecular weight is 239 g/mol. The van der Waals surface area contributed by atoms with E-state index in [1.165, 1.54) is 32.1 Å². The number of rotatable bonds is 2. The maximum atomic E-state index is 5.77. The van der Waals surface area contributed by atoms with Gasteiger partial charge >= 0.3 is 0 Å². The number of ether oxygens (including phenoxy) is 2. The van der Waals surface area contributed by atoms with Gasteiger partial charge in [-0.25, -0.2) is 0 Å². The van der Waals surface area contributed by atoms with Crippen LogP contribution in [0.5, 0.6) is 0 Å². The highest BCUT2D eigenvalue weighted by atomic mass is 16.7. The van der Waals surface area contributed by atoms with Crippen LogP contribution >= 0.6 is 0 Å². The lowest BCUT2D eigenvalue weighted by molar-refractivity contribution is -0.179. The van der Waals surface area contributed by atoms with E-state index in [0.717, 1.165) is 38.0 Å². The van der Waals surface area contributed by atoms with Crippen molar-refractivity contribution < 1.29 is 9.47 Å². The first-order chi connectivity index (χ1) is 8.27. The van der Waals surface area contributed by atoms with E-state index in [2.05, 4.69) is 12.2 Å². The summed E-state index contributed by atoms with van der Waals surface area (Å²) in [4.78, 5) is 0. The van der Waals surface area contributed by atoms with Gasteiger partial charge < -0.3 is 14.8 Å². The normalized spacial score (nSPS) is 37.9. The van der Waals surface area contributed by atoms with Crippen LogP contribution in [-0.2, 0) is 9.47 Å². The van der Waals surface area contributed by atoms with Crippen molar-refractivity contribution >= 4 is 0 Å². The summed E-state index contributed by atoms with van der Waals surface area (Å²) in [5.41, 5.74) is 0. The van der Waals surface area contributed by atoms with Crippen LogP contribution in [0.1, 0.15) is 51.9 Å². The zero-order valence-corrected chi connectivity index (χ0v) is 10.9. The minimum atomic E-state index is -0.195. The highest BCUT2D eigenvalue weighted by Crippen LogP contribution is 2.36. The first-order valence-corrected chi connectivity index (χ1v) is 7.31. The molecule has 1 aliphatic heterocycles. The van der Waals surface area contributed by atoms with Crippen molar-refractivity contribution in [3.63, 3.8) is 0 Å². The second kappa shape index (κ2) is 4.87. The Morgan fingerprint density at radius 3 is 2.29 bits per heavy atom. The molecule has 0 radical (unpaired) electrons. The van der Waals surface area contributed by atoms with E-state index in [4.69, 9.17) is 9.47 Å². The third-order valence-electron chi connectivity index (χ3n) is 4.87. The second-order valence-corrected chi connectivity index (χ2v) is 6.06. The van der Waals surface area contributed by atoms with Crippen LogP contribution in [0.3, 0.4) is 0 Å². The standard InChI is InChI=1S/C14H25NO2/c1-11-3-2-4-13(11)15-12-5-7-14(8-6-12)16-9-10-17-14/h11-13,15H,2-10H2,1H3. The molecule has 17 heavy (non-hydrogen) atoms. The van der Waals surface area contributed by atoms with Gasteiger partial charge in [-0.05, 0) is 31.6 Å². The van der Waals surface area contributed by atoms with Crippen LogP contribution in [-0.4, -0.2) is 31.1 Å². The lowest BCUT2D eigenvalue weighted by Crippen LogP contribution is -2.46. The second-order valence-electron chi connectivity index (χ2n) is 6.06. The topological polar surface area (TPSA) is 30.5 Å². The van der Waals surface area contributed by atoms with Gasteiger partial charge in [-0.2, -0.15) is 0 Å². The molecule has 3 aliphatic rings. The van der Waals surface area contributed by atoms with Gasteiger partial charge in [0.15, 0.2) is 5.79 Å². The Balaban J connectivity index is 1.48. The highest BCUT2D eigenvalue weighted by Gasteiger charge is 2.40. The van der Waals surface area contributed by atoms with Crippen molar-refractivity contribution in [1.29, 1.82) is 0 Å². The Hall–Kier alpha value is -0.120. The molecule has 3 heteroatoms. The lowest BCUT2D eigenvalue weighted by atomic mass is 9.89. The van der Waals surface area contributed by atoms with Crippen LogP contribution in [0.25, 0.3) is 0 Å². The Bertz CT molecular complexity index is 253. The third-order valence-corrected chi connectivity index (χ3v) is 4.87. The van der Waals surface area contributed by atoms with E-state index in [0.29, 0.717) is 6.04 Å². The van der Waals surface area contributed by atoms with Crippen LogP contribution in [0.2, 0.25) is 0 Å². The monoisotopic (exact) mass is 239 g/mol. The molecule has 0 aromatic heterocycles. The molecule has 3 rings (SSSR count). The van der Waals surface area contributed by atoms with Crippen molar-refractivity contribution in [3.05, 3.63) is 0 Å². The molecule has 2 saturated carbocycles. The van der Waals surface area contributed by atoms with Crippen molar-refractivity contribution in [2.45, 2.75) is 69.7 Å². The molecule has 0 amide bonds. The molecule has 2 atom stereocenters. The summed E-state index contributed by atoms with van der Waals surface area (Å²) in [5.74, 6) is 0.671. The van der Waals surface area contributed by atoms with Gasteiger partial charge in [-0.3, -0.25) is 0 Å². The van der Waals surface area contributed by atoms with Gasteiger partial charge in [0, 0.05) is 24.9 Å². The molecule has 0 bridgehead atoms. The van der Waals surface area contributed by atoms with Crippen molar-refractivity contribution in [2.24, 2.45) is 5.92 Å². The molecular weight excluding hydrogens is 214 g/mol. The highest BCUT2D eigenvalue weighted by molar-refractivity contribution is 4.89. The average Bonchev–Trinajstić information content (AvgIpc) is 2.94. The summed E-state index contributed by atoms with van der Waals surface area (Å²) in [6.45, 7) is 3.97.